The van der Waals surface area contributed by atoms with Gasteiger partial charge in [-0.1, -0.05) is 0 Å². The van der Waals surface area contributed by atoms with E-state index < -0.39 is 11.2 Å². The third-order valence-electron chi connectivity index (χ3n) is 6.10. The summed E-state index contributed by atoms with van der Waals surface area (Å²) in [6.45, 7) is 4.14. The van der Waals surface area contributed by atoms with Crippen LogP contribution in [0, 0.1) is 0 Å². The van der Waals surface area contributed by atoms with Crippen LogP contribution in [-0.4, -0.2) is 61.4 Å². The first-order valence-corrected chi connectivity index (χ1v) is 11.0. The standard InChI is InChI=1S/C24H25N5O5/c1-32-17-4-5-18-19(12-17)26-22-21(18)27-24(31)29(23(22)30)25-13-15-3-6-20(33-2)16(11-15)14-28-7-9-34-10-8-28/h3-6,11-13,26H,7-10,14H2,1-2H3,(H,27,31)/p+1/b25-13-. The first-order chi connectivity index (χ1) is 16.6. The maximum atomic E-state index is 13.1. The molecule has 3 N–H and O–H groups in total. The van der Waals surface area contributed by atoms with Crippen LogP contribution in [0.15, 0.2) is 51.1 Å². The van der Waals surface area contributed by atoms with Crippen LogP contribution < -0.4 is 25.6 Å². The molecular weight excluding hydrogens is 438 g/mol. The molecule has 0 radical (unpaired) electrons. The number of hydrogen-bond donors (Lipinski definition) is 3. The monoisotopic (exact) mass is 464 g/mol. The normalized spacial score (nSPS) is 14.9. The fourth-order valence-electron chi connectivity index (χ4n) is 4.30. The average molecular weight is 465 g/mol. The molecule has 0 aliphatic carbocycles. The molecule has 10 nitrogen and oxygen atoms in total. The SMILES string of the molecule is COc1ccc2c(c1)[nH]c1c(=O)n(/N=C\c3ccc(OC)c(C[NH+]4CCOCC4)c3)c(=O)[nH]c12. The number of aromatic amines is 2. The Morgan fingerprint density at radius 1 is 1.06 bits per heavy atom. The number of fused-ring (bicyclic) bond motifs is 3. The van der Waals surface area contributed by atoms with E-state index >= 15 is 0 Å². The zero-order chi connectivity index (χ0) is 23.7. The summed E-state index contributed by atoms with van der Waals surface area (Å²) in [4.78, 5) is 33.0. The second-order valence-corrected chi connectivity index (χ2v) is 8.19. The van der Waals surface area contributed by atoms with Gasteiger partial charge in [-0.15, -0.1) is 4.68 Å². The first kappa shape index (κ1) is 21.9. The maximum Gasteiger partial charge on any atom is 0.350 e. The maximum absolute atomic E-state index is 13.1. The van der Waals surface area contributed by atoms with E-state index in [1.807, 2.05) is 18.2 Å². The Kier molecular flexibility index (Phi) is 5.91. The van der Waals surface area contributed by atoms with Crippen molar-refractivity contribution in [2.45, 2.75) is 6.54 Å². The molecule has 10 heteroatoms. The smallest absolute Gasteiger partial charge is 0.350 e. The van der Waals surface area contributed by atoms with Gasteiger partial charge in [-0.2, -0.15) is 5.10 Å². The van der Waals surface area contributed by atoms with Gasteiger partial charge in [0.2, 0.25) is 0 Å². The molecular formula is C24H26N5O5+. The highest BCUT2D eigenvalue weighted by atomic mass is 16.5. The Hall–Kier alpha value is -3.89. The third kappa shape index (κ3) is 4.09. The minimum atomic E-state index is -0.614. The Bertz CT molecular complexity index is 1490. The van der Waals surface area contributed by atoms with Crippen molar-refractivity contribution in [3.8, 4) is 11.5 Å². The number of H-pyrrole nitrogens is 2. The van der Waals surface area contributed by atoms with Crippen LogP contribution in [0.25, 0.3) is 21.9 Å². The van der Waals surface area contributed by atoms with Crippen LogP contribution >= 0.6 is 0 Å². The molecule has 1 saturated heterocycles. The van der Waals surface area contributed by atoms with E-state index in [1.165, 1.54) is 11.1 Å². The van der Waals surface area contributed by atoms with E-state index in [0.717, 1.165) is 59.8 Å². The second-order valence-electron chi connectivity index (χ2n) is 8.19. The van der Waals surface area contributed by atoms with Crippen molar-refractivity contribution in [1.29, 1.82) is 0 Å². The molecule has 0 bridgehead atoms. The number of hydrogen-bond acceptors (Lipinski definition) is 6. The highest BCUT2D eigenvalue weighted by Crippen LogP contribution is 2.25. The summed E-state index contributed by atoms with van der Waals surface area (Å²) >= 11 is 0. The Morgan fingerprint density at radius 2 is 1.88 bits per heavy atom. The number of nitrogens with one attached hydrogen (secondary N) is 3. The number of nitrogens with zero attached hydrogens (tertiary/aromatic N) is 2. The number of quaternary nitrogens is 1. The van der Waals surface area contributed by atoms with Crippen molar-refractivity contribution < 1.29 is 19.1 Å². The van der Waals surface area contributed by atoms with Crippen LogP contribution in [0.1, 0.15) is 11.1 Å². The summed E-state index contributed by atoms with van der Waals surface area (Å²) < 4.78 is 17.0. The number of rotatable bonds is 6. The summed E-state index contributed by atoms with van der Waals surface area (Å²) in [7, 11) is 3.21. The minimum Gasteiger partial charge on any atom is -0.497 e. The predicted molar refractivity (Wildman–Crippen MR) is 128 cm³/mol. The van der Waals surface area contributed by atoms with Gasteiger partial charge in [-0.05, 0) is 35.9 Å². The molecule has 5 rings (SSSR count). The summed E-state index contributed by atoms with van der Waals surface area (Å²) in [6, 6.07) is 11.0. The molecule has 1 fully saturated rings. The van der Waals surface area contributed by atoms with Crippen molar-refractivity contribution in [3.05, 3.63) is 68.4 Å². The van der Waals surface area contributed by atoms with Crippen LogP contribution in [-0.2, 0) is 11.3 Å². The highest BCUT2D eigenvalue weighted by Gasteiger charge is 2.17. The van der Waals surface area contributed by atoms with E-state index in [-0.39, 0.29) is 5.52 Å². The third-order valence-corrected chi connectivity index (χ3v) is 6.10. The molecule has 0 spiro atoms. The second kappa shape index (κ2) is 9.16. The fraction of sp³-hybridized carbons (Fsp3) is 0.292. The van der Waals surface area contributed by atoms with Crippen LogP contribution in [0.5, 0.6) is 11.5 Å². The Morgan fingerprint density at radius 3 is 2.65 bits per heavy atom. The van der Waals surface area contributed by atoms with Crippen molar-refractivity contribution in [2.24, 2.45) is 5.10 Å². The van der Waals surface area contributed by atoms with E-state index in [2.05, 4.69) is 15.1 Å². The van der Waals surface area contributed by atoms with Crippen molar-refractivity contribution >= 4 is 28.2 Å². The zero-order valence-corrected chi connectivity index (χ0v) is 19.0. The molecule has 1 aliphatic heterocycles. The van der Waals surface area contributed by atoms with Gasteiger partial charge in [0.25, 0.3) is 0 Å². The number of benzene rings is 2. The summed E-state index contributed by atoms with van der Waals surface area (Å²) in [6.07, 6.45) is 1.51. The average Bonchev–Trinajstić information content (AvgIpc) is 3.22. The number of methoxy groups -OCH3 is 2. The topological polar surface area (TPSA) is 115 Å². The lowest BCUT2D eigenvalue weighted by molar-refractivity contribution is -0.921. The van der Waals surface area contributed by atoms with Gasteiger partial charge in [-0.3, -0.25) is 4.79 Å². The molecule has 4 aromatic rings. The van der Waals surface area contributed by atoms with Gasteiger partial charge in [0.05, 0.1) is 44.7 Å². The lowest BCUT2D eigenvalue weighted by Gasteiger charge is -2.24. The summed E-state index contributed by atoms with van der Waals surface area (Å²) in [5.41, 5.74) is 2.05. The number of morpholine rings is 1. The zero-order valence-electron chi connectivity index (χ0n) is 19.0. The Labute approximate surface area is 194 Å². The van der Waals surface area contributed by atoms with E-state index in [1.54, 1.807) is 32.4 Å². The van der Waals surface area contributed by atoms with E-state index in [0.29, 0.717) is 16.8 Å². The fourth-order valence-corrected chi connectivity index (χ4v) is 4.30. The quantitative estimate of drug-likeness (QED) is 0.359. The van der Waals surface area contributed by atoms with E-state index in [9.17, 15) is 9.59 Å². The largest absolute Gasteiger partial charge is 0.497 e. The highest BCUT2D eigenvalue weighted by molar-refractivity contribution is 6.04. The van der Waals surface area contributed by atoms with Crippen LogP contribution in [0.4, 0.5) is 0 Å². The van der Waals surface area contributed by atoms with Gasteiger partial charge in [0, 0.05) is 17.0 Å². The molecule has 2 aromatic carbocycles. The molecule has 0 unspecified atom stereocenters. The molecule has 0 amide bonds. The van der Waals surface area contributed by atoms with Crippen LogP contribution in [0.3, 0.4) is 0 Å². The minimum absolute atomic E-state index is 0.270. The molecule has 2 aromatic heterocycles. The lowest BCUT2D eigenvalue weighted by Crippen LogP contribution is -3.12. The molecule has 3 heterocycles. The van der Waals surface area contributed by atoms with Crippen molar-refractivity contribution in [1.82, 2.24) is 14.6 Å². The van der Waals surface area contributed by atoms with E-state index in [4.69, 9.17) is 14.2 Å². The number of aromatic nitrogens is 3. The summed E-state index contributed by atoms with van der Waals surface area (Å²) in [5.74, 6) is 1.44. The van der Waals surface area contributed by atoms with Gasteiger partial charge in [-0.25, -0.2) is 4.79 Å². The van der Waals surface area contributed by atoms with Crippen LogP contribution in [0.2, 0.25) is 0 Å². The Balaban J connectivity index is 1.50. The van der Waals surface area contributed by atoms with Gasteiger partial charge in [0.15, 0.2) is 0 Å². The van der Waals surface area contributed by atoms with Crippen molar-refractivity contribution in [3.63, 3.8) is 0 Å². The number of ether oxygens (including phenoxy) is 3. The van der Waals surface area contributed by atoms with Gasteiger partial charge >= 0.3 is 11.2 Å². The molecule has 0 saturated carbocycles. The lowest BCUT2D eigenvalue weighted by atomic mass is 10.1. The molecule has 0 atom stereocenters. The summed E-state index contributed by atoms with van der Waals surface area (Å²) in [5, 5.41) is 4.92. The molecule has 176 valence electrons. The molecule has 1 aliphatic rings. The molecule has 34 heavy (non-hydrogen) atoms. The first-order valence-electron chi connectivity index (χ1n) is 11.0. The van der Waals surface area contributed by atoms with Gasteiger partial charge in [0.1, 0.15) is 36.6 Å². The van der Waals surface area contributed by atoms with Crippen molar-refractivity contribution in [2.75, 3.05) is 40.5 Å². The van der Waals surface area contributed by atoms with Gasteiger partial charge < -0.3 is 29.1 Å². The predicted octanol–water partition coefficient (Wildman–Crippen LogP) is 0.486.